The van der Waals surface area contributed by atoms with Gasteiger partial charge in [0.2, 0.25) is 11.8 Å². The number of nitrogens with one attached hydrogen (secondary N) is 1. The highest BCUT2D eigenvalue weighted by molar-refractivity contribution is 5.80. The summed E-state index contributed by atoms with van der Waals surface area (Å²) in [7, 11) is 1.54. The quantitative estimate of drug-likeness (QED) is 0.825. The summed E-state index contributed by atoms with van der Waals surface area (Å²) in [5.41, 5.74) is 0. The molecule has 1 aliphatic rings. The lowest BCUT2D eigenvalue weighted by molar-refractivity contribution is -0.128. The van der Waals surface area contributed by atoms with Gasteiger partial charge < -0.3 is 15.0 Å². The molecule has 0 bridgehead atoms. The van der Waals surface area contributed by atoms with Crippen LogP contribution in [0.2, 0.25) is 0 Å². The first-order chi connectivity index (χ1) is 8.29. The van der Waals surface area contributed by atoms with E-state index in [1.165, 1.54) is 6.33 Å². The number of likely N-dealkylation sites (tertiary alicyclic amines) is 1. The van der Waals surface area contributed by atoms with Crippen LogP contribution in [0.4, 0.5) is 5.82 Å². The van der Waals surface area contributed by atoms with Crippen molar-refractivity contribution < 1.29 is 9.53 Å². The van der Waals surface area contributed by atoms with Gasteiger partial charge in [-0.25, -0.2) is 9.97 Å². The molecule has 0 saturated carbocycles. The molecule has 0 aromatic carbocycles. The fourth-order valence-corrected chi connectivity index (χ4v) is 1.79. The van der Waals surface area contributed by atoms with Gasteiger partial charge in [0, 0.05) is 19.2 Å². The lowest BCUT2D eigenvalue weighted by Gasteiger charge is -2.15. The van der Waals surface area contributed by atoms with Crippen LogP contribution in [0.15, 0.2) is 12.4 Å². The number of methoxy groups -OCH3 is 1. The maximum atomic E-state index is 11.8. The van der Waals surface area contributed by atoms with E-state index < -0.39 is 0 Å². The van der Waals surface area contributed by atoms with Crippen LogP contribution in [-0.2, 0) is 4.79 Å². The van der Waals surface area contributed by atoms with Crippen LogP contribution in [0.5, 0.6) is 5.88 Å². The zero-order valence-corrected chi connectivity index (χ0v) is 9.85. The third-order valence-electron chi connectivity index (χ3n) is 2.73. The van der Waals surface area contributed by atoms with Crippen LogP contribution < -0.4 is 10.1 Å². The Hall–Kier alpha value is -1.85. The first kappa shape index (κ1) is 11.6. The van der Waals surface area contributed by atoms with Gasteiger partial charge in [-0.2, -0.15) is 0 Å². The number of aromatic nitrogens is 2. The van der Waals surface area contributed by atoms with Gasteiger partial charge in [-0.15, -0.1) is 0 Å². The molecule has 1 fully saturated rings. The molecule has 0 radical (unpaired) electrons. The number of rotatable bonds is 4. The number of carbonyl (C=O) groups is 1. The Morgan fingerprint density at radius 3 is 2.94 bits per heavy atom. The average Bonchev–Trinajstić information content (AvgIpc) is 2.90. The summed E-state index contributed by atoms with van der Waals surface area (Å²) in [6, 6.07) is 1.66. The molecule has 1 aromatic heterocycles. The molecule has 1 aliphatic heterocycles. The van der Waals surface area contributed by atoms with E-state index in [4.69, 9.17) is 4.74 Å². The van der Waals surface area contributed by atoms with E-state index in [1.54, 1.807) is 13.2 Å². The van der Waals surface area contributed by atoms with Crippen molar-refractivity contribution in [2.24, 2.45) is 0 Å². The molecule has 0 unspecified atom stereocenters. The van der Waals surface area contributed by atoms with E-state index in [0.717, 1.165) is 25.9 Å². The Balaban J connectivity index is 1.86. The fourth-order valence-electron chi connectivity index (χ4n) is 1.79. The highest BCUT2D eigenvalue weighted by atomic mass is 16.5. The Labute approximate surface area is 100 Å². The molecule has 17 heavy (non-hydrogen) atoms. The van der Waals surface area contributed by atoms with E-state index >= 15 is 0 Å². The van der Waals surface area contributed by atoms with Gasteiger partial charge in [0.05, 0.1) is 13.7 Å². The van der Waals surface area contributed by atoms with Crippen molar-refractivity contribution >= 4 is 11.7 Å². The Morgan fingerprint density at radius 1 is 1.47 bits per heavy atom. The summed E-state index contributed by atoms with van der Waals surface area (Å²) in [5, 5.41) is 2.97. The summed E-state index contributed by atoms with van der Waals surface area (Å²) < 4.78 is 4.97. The lowest BCUT2D eigenvalue weighted by atomic mass is 10.4. The number of ether oxygens (including phenoxy) is 1. The molecule has 2 rings (SSSR count). The molecule has 6 nitrogen and oxygen atoms in total. The van der Waals surface area contributed by atoms with Gasteiger partial charge >= 0.3 is 0 Å². The number of hydrogen-bond acceptors (Lipinski definition) is 5. The SMILES string of the molecule is COc1cc(NCC(=O)N2CCCC2)ncn1. The van der Waals surface area contributed by atoms with Crippen molar-refractivity contribution in [2.45, 2.75) is 12.8 Å². The van der Waals surface area contributed by atoms with E-state index in [2.05, 4.69) is 15.3 Å². The molecule has 1 saturated heterocycles. The number of carbonyl (C=O) groups excluding carboxylic acids is 1. The lowest BCUT2D eigenvalue weighted by Crippen LogP contribution is -2.33. The summed E-state index contributed by atoms with van der Waals surface area (Å²) >= 11 is 0. The van der Waals surface area contributed by atoms with Gasteiger partial charge in [0.1, 0.15) is 12.1 Å². The van der Waals surface area contributed by atoms with Gasteiger partial charge in [-0.05, 0) is 12.8 Å². The Kier molecular flexibility index (Phi) is 3.74. The number of anilines is 1. The minimum absolute atomic E-state index is 0.111. The third kappa shape index (κ3) is 3.05. The van der Waals surface area contributed by atoms with Gasteiger partial charge in [0.15, 0.2) is 0 Å². The van der Waals surface area contributed by atoms with Crippen molar-refractivity contribution in [1.29, 1.82) is 0 Å². The van der Waals surface area contributed by atoms with Crippen molar-refractivity contribution in [2.75, 3.05) is 32.1 Å². The van der Waals surface area contributed by atoms with Crippen molar-refractivity contribution in [1.82, 2.24) is 14.9 Å². The third-order valence-corrected chi connectivity index (χ3v) is 2.73. The summed E-state index contributed by atoms with van der Waals surface area (Å²) in [6.07, 6.45) is 3.61. The minimum Gasteiger partial charge on any atom is -0.481 e. The van der Waals surface area contributed by atoms with E-state index in [-0.39, 0.29) is 12.5 Å². The molecule has 92 valence electrons. The topological polar surface area (TPSA) is 67.3 Å². The van der Waals surface area contributed by atoms with Crippen molar-refractivity contribution in [3.63, 3.8) is 0 Å². The smallest absolute Gasteiger partial charge is 0.241 e. The van der Waals surface area contributed by atoms with Gasteiger partial charge in [0.25, 0.3) is 0 Å². The molecule has 1 N–H and O–H groups in total. The molecule has 0 aliphatic carbocycles. The molecule has 2 heterocycles. The van der Waals surface area contributed by atoms with Crippen LogP contribution in [-0.4, -0.2) is 47.5 Å². The van der Waals surface area contributed by atoms with Crippen LogP contribution >= 0.6 is 0 Å². The van der Waals surface area contributed by atoms with E-state index in [9.17, 15) is 4.79 Å². The van der Waals surface area contributed by atoms with Crippen molar-refractivity contribution in [3.8, 4) is 5.88 Å². The standard InChI is InChI=1S/C11H16N4O2/c1-17-10-6-9(13-8-14-10)12-7-11(16)15-4-2-3-5-15/h6,8H,2-5,7H2,1H3,(H,12,13,14). The predicted octanol–water partition coefficient (Wildman–Crippen LogP) is 0.519. The number of nitrogens with zero attached hydrogens (tertiary/aromatic N) is 3. The zero-order valence-electron chi connectivity index (χ0n) is 9.85. The fraction of sp³-hybridized carbons (Fsp3) is 0.545. The summed E-state index contributed by atoms with van der Waals surface area (Å²) in [5.74, 6) is 1.19. The van der Waals surface area contributed by atoms with Gasteiger partial charge in [-0.1, -0.05) is 0 Å². The molecule has 6 heteroatoms. The van der Waals surface area contributed by atoms with Crippen LogP contribution in [0, 0.1) is 0 Å². The second-order valence-electron chi connectivity index (χ2n) is 3.89. The van der Waals surface area contributed by atoms with Crippen LogP contribution in [0.3, 0.4) is 0 Å². The van der Waals surface area contributed by atoms with Gasteiger partial charge in [-0.3, -0.25) is 4.79 Å². The molecule has 1 amide bonds. The predicted molar refractivity (Wildman–Crippen MR) is 62.9 cm³/mol. The second kappa shape index (κ2) is 5.47. The average molecular weight is 236 g/mol. The monoisotopic (exact) mass is 236 g/mol. The Bertz CT molecular complexity index is 391. The maximum absolute atomic E-state index is 11.8. The van der Waals surface area contributed by atoms with E-state index in [1.807, 2.05) is 4.90 Å². The Morgan fingerprint density at radius 2 is 2.24 bits per heavy atom. The molecular weight excluding hydrogens is 220 g/mol. The molecule has 1 aromatic rings. The van der Waals surface area contributed by atoms with Crippen LogP contribution in [0.1, 0.15) is 12.8 Å². The minimum atomic E-state index is 0.111. The first-order valence-electron chi connectivity index (χ1n) is 5.67. The molecule has 0 spiro atoms. The summed E-state index contributed by atoms with van der Waals surface area (Å²) in [4.78, 5) is 21.5. The molecule has 0 atom stereocenters. The second-order valence-corrected chi connectivity index (χ2v) is 3.89. The number of amides is 1. The number of hydrogen-bond donors (Lipinski definition) is 1. The summed E-state index contributed by atoms with van der Waals surface area (Å²) in [6.45, 7) is 2.00. The largest absolute Gasteiger partial charge is 0.481 e. The first-order valence-corrected chi connectivity index (χ1v) is 5.67. The normalized spacial score (nSPS) is 14.8. The maximum Gasteiger partial charge on any atom is 0.241 e. The highest BCUT2D eigenvalue weighted by Crippen LogP contribution is 2.11. The van der Waals surface area contributed by atoms with Crippen molar-refractivity contribution in [3.05, 3.63) is 12.4 Å². The van der Waals surface area contributed by atoms with E-state index in [0.29, 0.717) is 11.7 Å². The zero-order chi connectivity index (χ0) is 12.1. The molecular formula is C11H16N4O2. The van der Waals surface area contributed by atoms with Crippen LogP contribution in [0.25, 0.3) is 0 Å². The highest BCUT2D eigenvalue weighted by Gasteiger charge is 2.17.